The molecule has 1 saturated heterocycles. The molecule has 0 aromatic heterocycles. The summed E-state index contributed by atoms with van der Waals surface area (Å²) in [6.45, 7) is 0.870. The zero-order valence-corrected chi connectivity index (χ0v) is 18.6. The van der Waals surface area contributed by atoms with Crippen LogP contribution >= 0.6 is 23.4 Å². The molecule has 3 aromatic carbocycles. The molecular weight excluding hydrogens is 446 g/mol. The largest absolute Gasteiger partial charge is 0.492 e. The van der Waals surface area contributed by atoms with Crippen molar-refractivity contribution in [1.82, 2.24) is 4.90 Å². The number of benzene rings is 3. The number of rotatable bonds is 8. The van der Waals surface area contributed by atoms with E-state index in [4.69, 9.17) is 21.1 Å². The van der Waals surface area contributed by atoms with Crippen molar-refractivity contribution in [3.63, 3.8) is 0 Å². The van der Waals surface area contributed by atoms with Crippen molar-refractivity contribution in [3.8, 4) is 11.5 Å². The van der Waals surface area contributed by atoms with E-state index in [9.17, 15) is 9.59 Å². The molecule has 4 rings (SSSR count). The van der Waals surface area contributed by atoms with Crippen LogP contribution in [0.15, 0.2) is 83.8 Å². The van der Waals surface area contributed by atoms with Crippen molar-refractivity contribution in [2.45, 2.75) is 6.61 Å². The molecule has 7 heteroatoms. The summed E-state index contributed by atoms with van der Waals surface area (Å²) in [5.74, 6) is 1.05. The Kier molecular flexibility index (Phi) is 7.14. The van der Waals surface area contributed by atoms with E-state index < -0.39 is 0 Å². The number of amides is 2. The molecule has 162 valence electrons. The van der Waals surface area contributed by atoms with Gasteiger partial charge in [-0.25, -0.2) is 0 Å². The van der Waals surface area contributed by atoms with E-state index in [1.54, 1.807) is 30.3 Å². The van der Waals surface area contributed by atoms with Gasteiger partial charge in [0.2, 0.25) is 0 Å². The average Bonchev–Trinajstić information content (AvgIpc) is 3.08. The lowest BCUT2D eigenvalue weighted by Crippen LogP contribution is -2.32. The highest BCUT2D eigenvalue weighted by atomic mass is 35.5. The van der Waals surface area contributed by atoms with Gasteiger partial charge in [0.05, 0.1) is 11.4 Å². The third-order valence-corrected chi connectivity index (χ3v) is 5.86. The summed E-state index contributed by atoms with van der Waals surface area (Å²) in [6.07, 6.45) is 1.71. The molecule has 3 aromatic rings. The van der Waals surface area contributed by atoms with Crippen molar-refractivity contribution in [2.24, 2.45) is 0 Å². The highest BCUT2D eigenvalue weighted by Crippen LogP contribution is 2.32. The first-order valence-electron chi connectivity index (χ1n) is 9.99. The van der Waals surface area contributed by atoms with Gasteiger partial charge in [-0.1, -0.05) is 54.1 Å². The number of ether oxygens (including phenoxy) is 2. The molecule has 0 spiro atoms. The van der Waals surface area contributed by atoms with E-state index in [-0.39, 0.29) is 24.3 Å². The van der Waals surface area contributed by atoms with Crippen LogP contribution in [0, 0.1) is 0 Å². The minimum absolute atomic E-state index is 0.177. The highest BCUT2D eigenvalue weighted by Gasteiger charge is 2.34. The summed E-state index contributed by atoms with van der Waals surface area (Å²) in [5.41, 5.74) is 1.91. The summed E-state index contributed by atoms with van der Waals surface area (Å²) in [7, 11) is 0. The Hall–Kier alpha value is -3.22. The maximum absolute atomic E-state index is 12.7. The Morgan fingerprint density at radius 2 is 1.50 bits per heavy atom. The first kappa shape index (κ1) is 22.0. The molecule has 5 nitrogen and oxygen atoms in total. The van der Waals surface area contributed by atoms with Gasteiger partial charge in [0.15, 0.2) is 0 Å². The van der Waals surface area contributed by atoms with Crippen LogP contribution < -0.4 is 9.47 Å². The number of imide groups is 1. The Morgan fingerprint density at radius 3 is 2.22 bits per heavy atom. The molecule has 1 aliphatic heterocycles. The minimum Gasteiger partial charge on any atom is -0.492 e. The first-order chi connectivity index (χ1) is 15.6. The third-order valence-electron chi connectivity index (χ3n) is 4.70. The van der Waals surface area contributed by atoms with Gasteiger partial charge in [0, 0.05) is 5.02 Å². The Morgan fingerprint density at radius 1 is 0.844 bits per heavy atom. The number of hydrogen-bond donors (Lipinski definition) is 0. The third kappa shape index (κ3) is 5.72. The predicted octanol–water partition coefficient (Wildman–Crippen LogP) is 6.03. The molecule has 0 atom stereocenters. The standard InChI is InChI=1S/C25H20ClNO4S/c26-20-8-12-21(13-9-20)30-15-14-27-24(28)23(32-25(27)29)16-18-6-10-22(11-7-18)31-17-19-4-2-1-3-5-19/h1-13,16H,14-15,17H2/b23-16-. The number of nitrogens with zero attached hydrogens (tertiary/aromatic N) is 1. The van der Waals surface area contributed by atoms with Crippen molar-refractivity contribution < 1.29 is 19.1 Å². The van der Waals surface area contributed by atoms with Crippen LogP contribution in [0.1, 0.15) is 11.1 Å². The molecule has 0 aliphatic carbocycles. The van der Waals surface area contributed by atoms with Crippen LogP contribution in [0.25, 0.3) is 6.08 Å². The average molecular weight is 466 g/mol. The summed E-state index contributed by atoms with van der Waals surface area (Å²) in [6, 6.07) is 24.2. The Labute approximate surface area is 195 Å². The second-order valence-corrected chi connectivity index (χ2v) is 8.41. The second kappa shape index (κ2) is 10.4. The lowest BCUT2D eigenvalue weighted by Gasteiger charge is -2.13. The maximum atomic E-state index is 12.7. The Balaban J connectivity index is 1.32. The molecule has 0 saturated carbocycles. The van der Waals surface area contributed by atoms with E-state index in [2.05, 4.69) is 0 Å². The van der Waals surface area contributed by atoms with Gasteiger partial charge < -0.3 is 9.47 Å². The van der Waals surface area contributed by atoms with E-state index in [0.717, 1.165) is 28.6 Å². The van der Waals surface area contributed by atoms with Crippen LogP contribution in [0.3, 0.4) is 0 Å². The summed E-state index contributed by atoms with van der Waals surface area (Å²) in [5, 5.41) is 0.313. The zero-order chi connectivity index (χ0) is 22.3. The van der Waals surface area contributed by atoms with Crippen LogP contribution in [-0.2, 0) is 11.4 Å². The van der Waals surface area contributed by atoms with Gasteiger partial charge in [0.25, 0.3) is 11.1 Å². The quantitative estimate of drug-likeness (QED) is 0.380. The summed E-state index contributed by atoms with van der Waals surface area (Å²) >= 11 is 6.78. The molecule has 0 radical (unpaired) electrons. The van der Waals surface area contributed by atoms with E-state index >= 15 is 0 Å². The molecular formula is C25H20ClNO4S. The van der Waals surface area contributed by atoms with Crippen molar-refractivity contribution in [2.75, 3.05) is 13.2 Å². The fraction of sp³-hybridized carbons (Fsp3) is 0.120. The molecule has 1 heterocycles. The zero-order valence-electron chi connectivity index (χ0n) is 17.1. The smallest absolute Gasteiger partial charge is 0.293 e. The van der Waals surface area contributed by atoms with E-state index in [1.807, 2.05) is 54.6 Å². The van der Waals surface area contributed by atoms with Gasteiger partial charge in [-0.05, 0) is 65.4 Å². The van der Waals surface area contributed by atoms with Crippen molar-refractivity contribution in [3.05, 3.63) is 99.9 Å². The molecule has 0 unspecified atom stereocenters. The summed E-state index contributed by atoms with van der Waals surface area (Å²) in [4.78, 5) is 26.5. The van der Waals surface area contributed by atoms with Crippen molar-refractivity contribution in [1.29, 1.82) is 0 Å². The van der Waals surface area contributed by atoms with Crippen LogP contribution in [0.2, 0.25) is 5.02 Å². The van der Waals surface area contributed by atoms with E-state index in [1.165, 1.54) is 4.90 Å². The maximum Gasteiger partial charge on any atom is 0.293 e. The first-order valence-corrected chi connectivity index (χ1v) is 11.2. The molecule has 0 N–H and O–H groups in total. The molecule has 32 heavy (non-hydrogen) atoms. The number of carbonyl (C=O) groups excluding carboxylic acids is 2. The van der Waals surface area contributed by atoms with Gasteiger partial charge in [-0.2, -0.15) is 0 Å². The monoisotopic (exact) mass is 465 g/mol. The fourth-order valence-corrected chi connectivity index (χ4v) is 4.02. The van der Waals surface area contributed by atoms with Crippen LogP contribution in [-0.4, -0.2) is 29.2 Å². The topological polar surface area (TPSA) is 55.8 Å². The minimum atomic E-state index is -0.316. The SMILES string of the molecule is O=C1S/C(=C\c2ccc(OCc3ccccc3)cc2)C(=O)N1CCOc1ccc(Cl)cc1. The van der Waals surface area contributed by atoms with Crippen LogP contribution in [0.4, 0.5) is 4.79 Å². The lowest BCUT2D eigenvalue weighted by atomic mass is 10.2. The lowest BCUT2D eigenvalue weighted by molar-refractivity contribution is -0.123. The highest BCUT2D eigenvalue weighted by molar-refractivity contribution is 8.18. The molecule has 0 bridgehead atoms. The molecule has 2 amide bonds. The van der Waals surface area contributed by atoms with Gasteiger partial charge in [0.1, 0.15) is 24.7 Å². The number of halogens is 1. The number of thioether (sulfide) groups is 1. The van der Waals surface area contributed by atoms with E-state index in [0.29, 0.717) is 22.3 Å². The molecule has 1 fully saturated rings. The normalized spacial score (nSPS) is 14.8. The van der Waals surface area contributed by atoms with Crippen molar-refractivity contribution >= 4 is 40.6 Å². The Bertz CT molecular complexity index is 1110. The van der Waals surface area contributed by atoms with Gasteiger partial charge >= 0.3 is 0 Å². The predicted molar refractivity (Wildman–Crippen MR) is 127 cm³/mol. The molecule has 1 aliphatic rings. The van der Waals surface area contributed by atoms with Gasteiger partial charge in [-0.15, -0.1) is 0 Å². The second-order valence-electron chi connectivity index (χ2n) is 6.98. The number of carbonyl (C=O) groups is 2. The summed E-state index contributed by atoms with van der Waals surface area (Å²) < 4.78 is 11.4. The van der Waals surface area contributed by atoms with Gasteiger partial charge in [-0.3, -0.25) is 14.5 Å². The number of hydrogen-bond acceptors (Lipinski definition) is 5. The fourth-order valence-electron chi connectivity index (χ4n) is 3.03. The van der Waals surface area contributed by atoms with Crippen LogP contribution in [0.5, 0.6) is 11.5 Å².